The Morgan fingerprint density at radius 1 is 1.20 bits per heavy atom. The number of anilines is 1. The Balaban J connectivity index is 2.14. The lowest BCUT2D eigenvalue weighted by Crippen LogP contribution is -2.15. The molecule has 0 fully saturated rings. The summed E-state index contributed by atoms with van der Waals surface area (Å²) in [6, 6.07) is 12.4. The molecule has 3 nitrogen and oxygen atoms in total. The number of aryl methyl sites for hydroxylation is 1. The number of hydrogen-bond donors (Lipinski definition) is 2. The summed E-state index contributed by atoms with van der Waals surface area (Å²) < 4.78 is 13.7. The molecule has 0 aliphatic carbocycles. The Hall–Kier alpha value is -2.36. The number of carbonyl (C=O) groups is 1. The van der Waals surface area contributed by atoms with E-state index in [0.29, 0.717) is 12.1 Å². The first-order valence-corrected chi connectivity index (χ1v) is 6.41. The fraction of sp³-hybridized carbons (Fsp3) is 0.188. The van der Waals surface area contributed by atoms with Crippen molar-refractivity contribution in [3.05, 3.63) is 65.0 Å². The topological polar surface area (TPSA) is 55.1 Å². The zero-order valence-electron chi connectivity index (χ0n) is 11.3. The molecule has 3 N–H and O–H groups in total. The van der Waals surface area contributed by atoms with Crippen molar-refractivity contribution < 1.29 is 9.18 Å². The van der Waals surface area contributed by atoms with Gasteiger partial charge in [-0.3, -0.25) is 4.79 Å². The number of para-hydroxylation sites is 1. The van der Waals surface area contributed by atoms with Crippen molar-refractivity contribution in [2.75, 3.05) is 5.32 Å². The molecule has 0 spiro atoms. The highest BCUT2D eigenvalue weighted by atomic mass is 19.1. The fourth-order valence-corrected chi connectivity index (χ4v) is 2.06. The Bertz CT molecular complexity index is 626. The van der Waals surface area contributed by atoms with Crippen LogP contribution in [-0.4, -0.2) is 5.91 Å². The highest BCUT2D eigenvalue weighted by molar-refractivity contribution is 5.78. The van der Waals surface area contributed by atoms with Crippen LogP contribution in [0.2, 0.25) is 0 Å². The number of hydrogen-bond acceptors (Lipinski definition) is 2. The van der Waals surface area contributed by atoms with Crippen molar-refractivity contribution in [1.29, 1.82) is 0 Å². The maximum atomic E-state index is 13.7. The van der Waals surface area contributed by atoms with Crippen LogP contribution in [0.5, 0.6) is 0 Å². The van der Waals surface area contributed by atoms with E-state index in [-0.39, 0.29) is 18.1 Å². The van der Waals surface area contributed by atoms with Gasteiger partial charge >= 0.3 is 0 Å². The van der Waals surface area contributed by atoms with Crippen molar-refractivity contribution >= 4 is 11.6 Å². The molecule has 0 radical (unpaired) electrons. The van der Waals surface area contributed by atoms with E-state index in [1.54, 1.807) is 12.1 Å². The molecular formula is C16H17FN2O. The van der Waals surface area contributed by atoms with Gasteiger partial charge in [-0.25, -0.2) is 4.39 Å². The smallest absolute Gasteiger partial charge is 0.221 e. The third kappa shape index (κ3) is 3.57. The summed E-state index contributed by atoms with van der Waals surface area (Å²) in [6.45, 7) is 2.28. The van der Waals surface area contributed by atoms with Crippen LogP contribution in [0, 0.1) is 12.7 Å². The maximum absolute atomic E-state index is 13.7. The molecule has 0 bridgehead atoms. The fourth-order valence-electron chi connectivity index (χ4n) is 2.06. The molecule has 20 heavy (non-hydrogen) atoms. The lowest BCUT2D eigenvalue weighted by atomic mass is 10.1. The summed E-state index contributed by atoms with van der Waals surface area (Å²) in [5.41, 5.74) is 8.43. The summed E-state index contributed by atoms with van der Waals surface area (Å²) in [6.07, 6.45) is 0.166. The second-order valence-electron chi connectivity index (χ2n) is 4.75. The molecule has 0 unspecified atom stereocenters. The normalized spacial score (nSPS) is 10.3. The van der Waals surface area contributed by atoms with Crippen molar-refractivity contribution in [2.45, 2.75) is 19.9 Å². The van der Waals surface area contributed by atoms with Gasteiger partial charge in [0.05, 0.1) is 6.42 Å². The summed E-state index contributed by atoms with van der Waals surface area (Å²) in [4.78, 5) is 11.0. The van der Waals surface area contributed by atoms with Gasteiger partial charge in [0.2, 0.25) is 5.91 Å². The van der Waals surface area contributed by atoms with E-state index in [9.17, 15) is 9.18 Å². The van der Waals surface area contributed by atoms with Gasteiger partial charge in [-0.05, 0) is 24.6 Å². The minimum absolute atomic E-state index is 0.166. The highest BCUT2D eigenvalue weighted by Gasteiger charge is 2.06. The van der Waals surface area contributed by atoms with Crippen molar-refractivity contribution in [1.82, 2.24) is 0 Å². The lowest BCUT2D eigenvalue weighted by Gasteiger charge is -2.12. The van der Waals surface area contributed by atoms with Gasteiger partial charge in [0, 0.05) is 17.8 Å². The molecule has 0 aliphatic heterocycles. The van der Waals surface area contributed by atoms with Crippen LogP contribution in [-0.2, 0) is 17.8 Å². The molecule has 0 heterocycles. The SMILES string of the molecule is Cc1ccc(F)c(CNc2ccccc2CC(N)=O)c1. The summed E-state index contributed by atoms with van der Waals surface area (Å²) in [5, 5.41) is 3.16. The standard InChI is InChI=1S/C16H17FN2O/c1-11-6-7-14(17)13(8-11)10-19-15-5-3-2-4-12(15)9-16(18)20/h2-8,19H,9-10H2,1H3,(H2,18,20). The van der Waals surface area contributed by atoms with Crippen LogP contribution < -0.4 is 11.1 Å². The number of nitrogens with one attached hydrogen (secondary N) is 1. The van der Waals surface area contributed by atoms with E-state index >= 15 is 0 Å². The third-order valence-electron chi connectivity index (χ3n) is 3.05. The Morgan fingerprint density at radius 3 is 2.70 bits per heavy atom. The summed E-state index contributed by atoms with van der Waals surface area (Å²) in [7, 11) is 0. The molecule has 0 saturated carbocycles. The Kier molecular flexibility index (Phi) is 4.35. The lowest BCUT2D eigenvalue weighted by molar-refractivity contribution is -0.117. The molecule has 2 rings (SSSR count). The summed E-state index contributed by atoms with van der Waals surface area (Å²) in [5.74, 6) is -0.628. The van der Waals surface area contributed by atoms with E-state index in [1.165, 1.54) is 6.07 Å². The zero-order valence-corrected chi connectivity index (χ0v) is 11.3. The molecule has 0 aliphatic rings. The first-order valence-electron chi connectivity index (χ1n) is 6.41. The highest BCUT2D eigenvalue weighted by Crippen LogP contribution is 2.18. The van der Waals surface area contributed by atoms with E-state index < -0.39 is 0 Å². The molecular weight excluding hydrogens is 255 g/mol. The number of nitrogens with two attached hydrogens (primary N) is 1. The number of primary amides is 1. The zero-order chi connectivity index (χ0) is 14.5. The molecule has 104 valence electrons. The Morgan fingerprint density at radius 2 is 1.95 bits per heavy atom. The third-order valence-corrected chi connectivity index (χ3v) is 3.05. The monoisotopic (exact) mass is 272 g/mol. The summed E-state index contributed by atoms with van der Waals surface area (Å²) >= 11 is 0. The predicted molar refractivity (Wildman–Crippen MR) is 77.8 cm³/mol. The molecule has 0 saturated heterocycles. The number of carbonyl (C=O) groups excluding carboxylic acids is 1. The van der Waals surface area contributed by atoms with E-state index in [1.807, 2.05) is 31.2 Å². The van der Waals surface area contributed by atoms with Gasteiger partial charge < -0.3 is 11.1 Å². The van der Waals surface area contributed by atoms with E-state index in [2.05, 4.69) is 5.32 Å². The van der Waals surface area contributed by atoms with Crippen molar-refractivity contribution in [3.63, 3.8) is 0 Å². The molecule has 2 aromatic carbocycles. The van der Waals surface area contributed by atoms with Gasteiger partial charge in [0.1, 0.15) is 5.82 Å². The van der Waals surface area contributed by atoms with Crippen LogP contribution in [0.4, 0.5) is 10.1 Å². The van der Waals surface area contributed by atoms with Crippen LogP contribution in [0.3, 0.4) is 0 Å². The average molecular weight is 272 g/mol. The first-order chi connectivity index (χ1) is 9.56. The molecule has 0 aromatic heterocycles. The molecule has 2 aromatic rings. The van der Waals surface area contributed by atoms with Gasteiger partial charge in [0.15, 0.2) is 0 Å². The largest absolute Gasteiger partial charge is 0.381 e. The maximum Gasteiger partial charge on any atom is 0.221 e. The van der Waals surface area contributed by atoms with E-state index in [4.69, 9.17) is 5.73 Å². The van der Waals surface area contributed by atoms with Crippen molar-refractivity contribution in [2.24, 2.45) is 5.73 Å². The van der Waals surface area contributed by atoms with Crippen LogP contribution in [0.25, 0.3) is 0 Å². The quantitative estimate of drug-likeness (QED) is 0.879. The number of benzene rings is 2. The van der Waals surface area contributed by atoms with E-state index in [0.717, 1.165) is 16.8 Å². The predicted octanol–water partition coefficient (Wildman–Crippen LogP) is 2.77. The van der Waals surface area contributed by atoms with Crippen LogP contribution >= 0.6 is 0 Å². The van der Waals surface area contributed by atoms with Gasteiger partial charge in [0.25, 0.3) is 0 Å². The number of rotatable bonds is 5. The minimum atomic E-state index is -0.388. The molecule has 1 amide bonds. The van der Waals surface area contributed by atoms with Gasteiger partial charge in [-0.2, -0.15) is 0 Å². The molecule has 4 heteroatoms. The minimum Gasteiger partial charge on any atom is -0.381 e. The van der Waals surface area contributed by atoms with Gasteiger partial charge in [-0.15, -0.1) is 0 Å². The Labute approximate surface area is 117 Å². The second-order valence-corrected chi connectivity index (χ2v) is 4.75. The first kappa shape index (κ1) is 14.1. The van der Waals surface area contributed by atoms with Crippen molar-refractivity contribution in [3.8, 4) is 0 Å². The second kappa shape index (κ2) is 6.19. The number of halogens is 1. The average Bonchev–Trinajstić information content (AvgIpc) is 2.41. The number of amides is 1. The van der Waals surface area contributed by atoms with Crippen LogP contribution in [0.15, 0.2) is 42.5 Å². The van der Waals surface area contributed by atoms with Crippen LogP contribution in [0.1, 0.15) is 16.7 Å². The molecule has 0 atom stereocenters. The van der Waals surface area contributed by atoms with Gasteiger partial charge in [-0.1, -0.05) is 35.9 Å².